The third-order valence-corrected chi connectivity index (χ3v) is 3.70. The molecule has 1 aliphatic rings. The molecule has 0 aliphatic carbocycles. The zero-order valence-electron chi connectivity index (χ0n) is 11.7. The summed E-state index contributed by atoms with van der Waals surface area (Å²) in [5.41, 5.74) is 2.08. The third kappa shape index (κ3) is 3.19. The van der Waals surface area contributed by atoms with Crippen LogP contribution in [0.2, 0.25) is 5.02 Å². The van der Waals surface area contributed by atoms with Crippen LogP contribution in [0.15, 0.2) is 30.6 Å². The smallest absolute Gasteiger partial charge is 0.261 e. The van der Waals surface area contributed by atoms with Crippen molar-refractivity contribution in [3.63, 3.8) is 0 Å². The van der Waals surface area contributed by atoms with Crippen molar-refractivity contribution in [1.82, 2.24) is 15.1 Å². The Bertz CT molecular complexity index is 669. The second kappa shape index (κ2) is 5.77. The summed E-state index contributed by atoms with van der Waals surface area (Å²) in [6, 6.07) is 5.42. The van der Waals surface area contributed by atoms with Crippen molar-refractivity contribution in [2.24, 2.45) is 7.05 Å². The zero-order valence-corrected chi connectivity index (χ0v) is 12.4. The van der Waals surface area contributed by atoms with Crippen LogP contribution in [0.25, 0.3) is 0 Å². The van der Waals surface area contributed by atoms with Gasteiger partial charge >= 0.3 is 0 Å². The highest BCUT2D eigenvalue weighted by molar-refractivity contribution is 6.30. The lowest BCUT2D eigenvalue weighted by molar-refractivity contribution is -0.127. The Labute approximate surface area is 127 Å². The van der Waals surface area contributed by atoms with Gasteiger partial charge in [-0.15, -0.1) is 0 Å². The first-order valence-electron chi connectivity index (χ1n) is 6.82. The molecule has 1 amide bonds. The van der Waals surface area contributed by atoms with Gasteiger partial charge in [0.1, 0.15) is 5.75 Å². The summed E-state index contributed by atoms with van der Waals surface area (Å²) < 4.78 is 7.39. The number of hydrogen-bond donors (Lipinski definition) is 1. The predicted molar refractivity (Wildman–Crippen MR) is 79.5 cm³/mol. The van der Waals surface area contributed by atoms with Gasteiger partial charge in [-0.1, -0.05) is 11.6 Å². The molecule has 0 bridgehead atoms. The number of rotatable bonds is 4. The first kappa shape index (κ1) is 13.9. The Kier molecular flexibility index (Phi) is 3.84. The van der Waals surface area contributed by atoms with Crippen LogP contribution in [0.3, 0.4) is 0 Å². The molecular formula is C15H16ClN3O2. The van der Waals surface area contributed by atoms with Gasteiger partial charge in [-0.25, -0.2) is 0 Å². The Morgan fingerprint density at radius 2 is 2.43 bits per heavy atom. The fraction of sp³-hybridized carbons (Fsp3) is 0.333. The van der Waals surface area contributed by atoms with Gasteiger partial charge in [0.25, 0.3) is 5.91 Å². The van der Waals surface area contributed by atoms with E-state index in [1.165, 1.54) is 0 Å². The first-order chi connectivity index (χ1) is 10.1. The molecule has 5 nitrogen and oxygen atoms in total. The molecule has 2 aromatic rings. The van der Waals surface area contributed by atoms with E-state index in [4.69, 9.17) is 16.3 Å². The van der Waals surface area contributed by atoms with Gasteiger partial charge in [-0.05, 0) is 35.7 Å². The number of nitrogens with one attached hydrogen (secondary N) is 1. The fourth-order valence-corrected chi connectivity index (χ4v) is 2.60. The standard InChI is InChI=1S/C15H16ClN3O2/c1-19-9-10(8-18-19)4-5-17-15(20)14-7-11-6-12(16)2-3-13(11)21-14/h2-3,6,8-9,14H,4-5,7H2,1H3,(H,17,20)/t14-/m0/s1. The summed E-state index contributed by atoms with van der Waals surface area (Å²) in [6.07, 6.45) is 4.60. The highest BCUT2D eigenvalue weighted by Gasteiger charge is 2.28. The maximum Gasteiger partial charge on any atom is 0.261 e. The van der Waals surface area contributed by atoms with E-state index in [1.807, 2.05) is 19.3 Å². The number of nitrogens with zero attached hydrogens (tertiary/aromatic N) is 2. The molecule has 0 unspecified atom stereocenters. The Hall–Kier alpha value is -2.01. The van der Waals surface area contributed by atoms with Crippen LogP contribution in [0.4, 0.5) is 0 Å². The number of aryl methyl sites for hydroxylation is 1. The van der Waals surface area contributed by atoms with Gasteiger partial charge in [0.05, 0.1) is 6.20 Å². The Morgan fingerprint density at radius 3 is 3.19 bits per heavy atom. The van der Waals surface area contributed by atoms with E-state index in [2.05, 4.69) is 10.4 Å². The van der Waals surface area contributed by atoms with E-state index < -0.39 is 6.10 Å². The molecule has 1 aliphatic heterocycles. The summed E-state index contributed by atoms with van der Waals surface area (Å²) in [5, 5.41) is 7.65. The number of aromatic nitrogens is 2. The van der Waals surface area contributed by atoms with E-state index >= 15 is 0 Å². The SMILES string of the molecule is Cn1cc(CCNC(=O)[C@@H]2Cc3cc(Cl)ccc3O2)cn1. The number of benzene rings is 1. The summed E-state index contributed by atoms with van der Waals surface area (Å²) in [4.78, 5) is 12.1. The van der Waals surface area contributed by atoms with Crippen LogP contribution < -0.4 is 10.1 Å². The molecule has 110 valence electrons. The molecule has 0 saturated heterocycles. The van der Waals surface area contributed by atoms with Gasteiger partial charge in [0.15, 0.2) is 6.10 Å². The lowest BCUT2D eigenvalue weighted by Gasteiger charge is -2.10. The number of carbonyl (C=O) groups is 1. The molecule has 0 fully saturated rings. The van der Waals surface area contributed by atoms with Crippen LogP contribution >= 0.6 is 11.6 Å². The van der Waals surface area contributed by atoms with Gasteiger partial charge in [-0.2, -0.15) is 5.10 Å². The highest BCUT2D eigenvalue weighted by Crippen LogP contribution is 2.31. The number of halogens is 1. The van der Waals surface area contributed by atoms with E-state index in [9.17, 15) is 4.79 Å². The van der Waals surface area contributed by atoms with Crippen LogP contribution in [0, 0.1) is 0 Å². The molecule has 1 aromatic heterocycles. The molecule has 3 rings (SSSR count). The number of ether oxygens (including phenoxy) is 1. The third-order valence-electron chi connectivity index (χ3n) is 3.46. The second-order valence-corrected chi connectivity index (χ2v) is 5.56. The van der Waals surface area contributed by atoms with E-state index in [0.717, 1.165) is 23.3 Å². The van der Waals surface area contributed by atoms with Crippen molar-refractivity contribution in [3.8, 4) is 5.75 Å². The van der Waals surface area contributed by atoms with Crippen LogP contribution in [-0.4, -0.2) is 28.3 Å². The van der Waals surface area contributed by atoms with Crippen molar-refractivity contribution in [1.29, 1.82) is 0 Å². The van der Waals surface area contributed by atoms with Crippen LogP contribution in [-0.2, 0) is 24.7 Å². The minimum Gasteiger partial charge on any atom is -0.480 e. The van der Waals surface area contributed by atoms with Gasteiger partial charge in [0, 0.05) is 31.2 Å². The second-order valence-electron chi connectivity index (χ2n) is 5.13. The van der Waals surface area contributed by atoms with Gasteiger partial charge in [0.2, 0.25) is 0 Å². The summed E-state index contributed by atoms with van der Waals surface area (Å²) in [5.74, 6) is 0.651. The summed E-state index contributed by atoms with van der Waals surface area (Å²) in [6.45, 7) is 0.571. The van der Waals surface area contributed by atoms with Crippen LogP contribution in [0.5, 0.6) is 5.75 Å². The molecule has 1 N–H and O–H groups in total. The minimum absolute atomic E-state index is 0.0915. The largest absolute Gasteiger partial charge is 0.480 e. The van der Waals surface area contributed by atoms with Crippen molar-refractivity contribution in [2.75, 3.05) is 6.54 Å². The monoisotopic (exact) mass is 305 g/mol. The molecule has 1 aromatic carbocycles. The van der Waals surface area contributed by atoms with Crippen molar-refractivity contribution in [2.45, 2.75) is 18.9 Å². The Morgan fingerprint density at radius 1 is 1.57 bits per heavy atom. The van der Waals surface area contributed by atoms with Gasteiger partial charge in [-0.3, -0.25) is 9.48 Å². The first-order valence-corrected chi connectivity index (χ1v) is 7.20. The minimum atomic E-state index is -0.465. The van der Waals surface area contributed by atoms with Crippen molar-refractivity contribution in [3.05, 3.63) is 46.7 Å². The maximum atomic E-state index is 12.1. The zero-order chi connectivity index (χ0) is 14.8. The average molecular weight is 306 g/mol. The lowest BCUT2D eigenvalue weighted by atomic mass is 10.1. The lowest BCUT2D eigenvalue weighted by Crippen LogP contribution is -2.38. The van der Waals surface area contributed by atoms with E-state index in [0.29, 0.717) is 18.0 Å². The average Bonchev–Trinajstić information content (AvgIpc) is 3.04. The highest BCUT2D eigenvalue weighted by atomic mass is 35.5. The molecular weight excluding hydrogens is 290 g/mol. The molecule has 1 atom stereocenters. The maximum absolute atomic E-state index is 12.1. The van der Waals surface area contributed by atoms with E-state index in [1.54, 1.807) is 23.0 Å². The van der Waals surface area contributed by atoms with Crippen molar-refractivity contribution < 1.29 is 9.53 Å². The summed E-state index contributed by atoms with van der Waals surface area (Å²) >= 11 is 5.94. The van der Waals surface area contributed by atoms with Crippen LogP contribution in [0.1, 0.15) is 11.1 Å². The normalized spacial score (nSPS) is 16.4. The molecule has 0 saturated carbocycles. The quantitative estimate of drug-likeness (QED) is 0.936. The number of amides is 1. The number of fused-ring (bicyclic) bond motifs is 1. The summed E-state index contributed by atoms with van der Waals surface area (Å²) in [7, 11) is 1.87. The van der Waals surface area contributed by atoms with Gasteiger partial charge < -0.3 is 10.1 Å². The fourth-order valence-electron chi connectivity index (χ4n) is 2.41. The van der Waals surface area contributed by atoms with E-state index in [-0.39, 0.29) is 5.91 Å². The predicted octanol–water partition coefficient (Wildman–Crippen LogP) is 1.74. The molecule has 6 heteroatoms. The Balaban J connectivity index is 1.51. The number of hydrogen-bond acceptors (Lipinski definition) is 3. The molecule has 21 heavy (non-hydrogen) atoms. The van der Waals surface area contributed by atoms with Crippen molar-refractivity contribution >= 4 is 17.5 Å². The molecule has 0 spiro atoms. The number of carbonyl (C=O) groups excluding carboxylic acids is 1. The molecule has 0 radical (unpaired) electrons. The molecule has 2 heterocycles. The topological polar surface area (TPSA) is 56.2 Å².